The molecule has 17 heavy (non-hydrogen) atoms. The van der Waals surface area contributed by atoms with Crippen molar-refractivity contribution in [2.24, 2.45) is 0 Å². The molecule has 1 heterocycles. The molecule has 0 aromatic heterocycles. The molecule has 1 amide bonds. The van der Waals surface area contributed by atoms with Gasteiger partial charge in [0.15, 0.2) is 0 Å². The fraction of sp³-hybridized carbons (Fsp3) is 0.818. The first kappa shape index (κ1) is 13.9. The average molecular weight is 244 g/mol. The molecule has 0 aliphatic carbocycles. The van der Waals surface area contributed by atoms with Gasteiger partial charge in [-0.05, 0) is 6.92 Å². The van der Waals surface area contributed by atoms with Crippen molar-refractivity contribution in [2.45, 2.75) is 6.92 Å². The van der Waals surface area contributed by atoms with E-state index in [1.807, 2.05) is 4.90 Å². The molecule has 0 spiro atoms. The molecule has 0 N–H and O–H groups in total. The van der Waals surface area contributed by atoms with Gasteiger partial charge in [-0.1, -0.05) is 0 Å². The predicted octanol–water partition coefficient (Wildman–Crippen LogP) is -0.660. The van der Waals surface area contributed by atoms with E-state index in [1.54, 1.807) is 11.8 Å². The van der Waals surface area contributed by atoms with E-state index in [0.29, 0.717) is 39.3 Å². The SMILES string of the molecule is CCOC(=O)CN1CCN(C(=O)COC)CC1. The summed E-state index contributed by atoms with van der Waals surface area (Å²) < 4.78 is 9.68. The molecule has 1 fully saturated rings. The molecule has 0 saturated carbocycles. The number of carbonyl (C=O) groups is 2. The molecule has 0 aromatic carbocycles. The van der Waals surface area contributed by atoms with Crippen molar-refractivity contribution in [2.75, 3.05) is 53.0 Å². The number of nitrogens with zero attached hydrogens (tertiary/aromatic N) is 2. The van der Waals surface area contributed by atoms with Gasteiger partial charge in [-0.2, -0.15) is 0 Å². The second-order valence-corrected chi connectivity index (χ2v) is 3.89. The molecule has 6 nitrogen and oxygen atoms in total. The first-order valence-corrected chi connectivity index (χ1v) is 5.82. The van der Waals surface area contributed by atoms with Gasteiger partial charge >= 0.3 is 5.97 Å². The summed E-state index contributed by atoms with van der Waals surface area (Å²) in [5, 5.41) is 0. The maximum atomic E-state index is 11.5. The van der Waals surface area contributed by atoms with E-state index in [9.17, 15) is 9.59 Å². The number of esters is 1. The van der Waals surface area contributed by atoms with Crippen LogP contribution in [0.25, 0.3) is 0 Å². The molecular formula is C11H20N2O4. The third kappa shape index (κ3) is 4.70. The molecule has 1 aliphatic heterocycles. The number of hydrogen-bond acceptors (Lipinski definition) is 5. The molecule has 0 unspecified atom stereocenters. The Labute approximate surface area is 101 Å². The standard InChI is InChI=1S/C11H20N2O4/c1-3-17-11(15)8-12-4-6-13(7-5-12)10(14)9-16-2/h3-9H2,1-2H3. The van der Waals surface area contributed by atoms with Crippen LogP contribution in [0.5, 0.6) is 0 Å². The molecule has 0 aromatic rings. The highest BCUT2D eigenvalue weighted by molar-refractivity contribution is 5.77. The van der Waals surface area contributed by atoms with Gasteiger partial charge < -0.3 is 14.4 Å². The maximum absolute atomic E-state index is 11.5. The van der Waals surface area contributed by atoms with Crippen LogP contribution in [-0.2, 0) is 19.1 Å². The van der Waals surface area contributed by atoms with Crippen LogP contribution in [0.1, 0.15) is 6.92 Å². The number of ether oxygens (including phenoxy) is 2. The van der Waals surface area contributed by atoms with Crippen LogP contribution in [0.4, 0.5) is 0 Å². The first-order valence-electron chi connectivity index (χ1n) is 5.82. The Hall–Kier alpha value is -1.14. The molecule has 98 valence electrons. The zero-order valence-electron chi connectivity index (χ0n) is 10.5. The van der Waals surface area contributed by atoms with Gasteiger partial charge in [-0.15, -0.1) is 0 Å². The Morgan fingerprint density at radius 1 is 1.18 bits per heavy atom. The van der Waals surface area contributed by atoms with Crippen molar-refractivity contribution in [3.8, 4) is 0 Å². The molecular weight excluding hydrogens is 224 g/mol. The lowest BCUT2D eigenvalue weighted by Gasteiger charge is -2.33. The fourth-order valence-electron chi connectivity index (χ4n) is 1.76. The molecule has 1 aliphatic rings. The summed E-state index contributed by atoms with van der Waals surface area (Å²) in [5.74, 6) is -0.201. The third-order valence-electron chi connectivity index (χ3n) is 2.65. The minimum Gasteiger partial charge on any atom is -0.465 e. The highest BCUT2D eigenvalue weighted by Gasteiger charge is 2.22. The smallest absolute Gasteiger partial charge is 0.320 e. The molecule has 1 rings (SSSR count). The summed E-state index contributed by atoms with van der Waals surface area (Å²) in [6.45, 7) is 5.31. The summed E-state index contributed by atoms with van der Waals surface area (Å²) >= 11 is 0. The number of amides is 1. The topological polar surface area (TPSA) is 59.1 Å². The lowest BCUT2D eigenvalue weighted by molar-refractivity contribution is -0.145. The van der Waals surface area contributed by atoms with E-state index in [2.05, 4.69) is 0 Å². The van der Waals surface area contributed by atoms with Gasteiger partial charge in [0.2, 0.25) is 5.91 Å². The van der Waals surface area contributed by atoms with Gasteiger partial charge in [-0.3, -0.25) is 14.5 Å². The third-order valence-corrected chi connectivity index (χ3v) is 2.65. The average Bonchev–Trinajstić information content (AvgIpc) is 2.30. The lowest BCUT2D eigenvalue weighted by atomic mass is 10.3. The number of carbonyl (C=O) groups excluding carboxylic acids is 2. The van der Waals surface area contributed by atoms with Crippen LogP contribution < -0.4 is 0 Å². The van der Waals surface area contributed by atoms with Crippen LogP contribution in [0, 0.1) is 0 Å². The van der Waals surface area contributed by atoms with Gasteiger partial charge in [0.25, 0.3) is 0 Å². The number of piperazine rings is 1. The van der Waals surface area contributed by atoms with Crippen molar-refractivity contribution in [3.63, 3.8) is 0 Å². The Bertz CT molecular complexity index is 262. The number of methoxy groups -OCH3 is 1. The van der Waals surface area contributed by atoms with Crippen LogP contribution in [0.15, 0.2) is 0 Å². The molecule has 0 bridgehead atoms. The van der Waals surface area contributed by atoms with Gasteiger partial charge in [0.1, 0.15) is 6.61 Å². The molecule has 6 heteroatoms. The Morgan fingerprint density at radius 3 is 2.35 bits per heavy atom. The lowest BCUT2D eigenvalue weighted by Crippen LogP contribution is -2.50. The van der Waals surface area contributed by atoms with E-state index in [0.717, 1.165) is 0 Å². The second kappa shape index (κ2) is 7.24. The zero-order valence-corrected chi connectivity index (χ0v) is 10.5. The molecule has 0 radical (unpaired) electrons. The van der Waals surface area contributed by atoms with Gasteiger partial charge in [0.05, 0.1) is 13.2 Å². The quantitative estimate of drug-likeness (QED) is 0.601. The van der Waals surface area contributed by atoms with Crippen molar-refractivity contribution in [3.05, 3.63) is 0 Å². The van der Waals surface area contributed by atoms with Gasteiger partial charge in [0, 0.05) is 33.3 Å². The van der Waals surface area contributed by atoms with E-state index < -0.39 is 0 Å². The minimum atomic E-state index is -0.204. The van der Waals surface area contributed by atoms with E-state index in [-0.39, 0.29) is 18.5 Å². The summed E-state index contributed by atoms with van der Waals surface area (Å²) in [5.41, 5.74) is 0. The molecule has 0 atom stereocenters. The fourth-order valence-corrected chi connectivity index (χ4v) is 1.76. The van der Waals surface area contributed by atoms with Crippen LogP contribution in [0.2, 0.25) is 0 Å². The Morgan fingerprint density at radius 2 is 1.82 bits per heavy atom. The van der Waals surface area contributed by atoms with Crippen molar-refractivity contribution in [1.29, 1.82) is 0 Å². The summed E-state index contributed by atoms with van der Waals surface area (Å²) in [6.07, 6.45) is 0. The first-order chi connectivity index (χ1) is 8.17. The summed E-state index contributed by atoms with van der Waals surface area (Å²) in [7, 11) is 1.51. The van der Waals surface area contributed by atoms with Crippen molar-refractivity contribution >= 4 is 11.9 Å². The largest absolute Gasteiger partial charge is 0.465 e. The Kier molecular flexibility index (Phi) is 5.93. The normalized spacial score (nSPS) is 16.9. The maximum Gasteiger partial charge on any atom is 0.320 e. The Balaban J connectivity index is 2.26. The minimum absolute atomic E-state index is 0.00304. The van der Waals surface area contributed by atoms with E-state index >= 15 is 0 Å². The highest BCUT2D eigenvalue weighted by atomic mass is 16.5. The highest BCUT2D eigenvalue weighted by Crippen LogP contribution is 2.02. The van der Waals surface area contributed by atoms with E-state index in [1.165, 1.54) is 7.11 Å². The van der Waals surface area contributed by atoms with Crippen molar-refractivity contribution < 1.29 is 19.1 Å². The summed E-state index contributed by atoms with van der Waals surface area (Å²) in [6, 6.07) is 0. The molecule has 1 saturated heterocycles. The number of rotatable bonds is 5. The summed E-state index contributed by atoms with van der Waals surface area (Å²) in [4.78, 5) is 26.5. The van der Waals surface area contributed by atoms with Crippen LogP contribution in [0.3, 0.4) is 0 Å². The zero-order chi connectivity index (χ0) is 12.7. The monoisotopic (exact) mass is 244 g/mol. The van der Waals surface area contributed by atoms with Crippen LogP contribution >= 0.6 is 0 Å². The predicted molar refractivity (Wildman–Crippen MR) is 61.5 cm³/mol. The van der Waals surface area contributed by atoms with E-state index in [4.69, 9.17) is 9.47 Å². The van der Waals surface area contributed by atoms with Crippen LogP contribution in [-0.4, -0.2) is 74.7 Å². The van der Waals surface area contributed by atoms with Crippen molar-refractivity contribution in [1.82, 2.24) is 9.80 Å². The second-order valence-electron chi connectivity index (χ2n) is 3.89. The number of hydrogen-bond donors (Lipinski definition) is 0. The van der Waals surface area contributed by atoms with Gasteiger partial charge in [-0.25, -0.2) is 0 Å².